The summed E-state index contributed by atoms with van der Waals surface area (Å²) in [6.45, 7) is 0.944. The van der Waals surface area contributed by atoms with Crippen LogP contribution in [0.4, 0.5) is 5.69 Å². The van der Waals surface area contributed by atoms with Crippen LogP contribution >= 0.6 is 23.1 Å². The normalized spacial score (nSPS) is 10.7. The van der Waals surface area contributed by atoms with Gasteiger partial charge in [-0.1, -0.05) is 30.0 Å². The van der Waals surface area contributed by atoms with Crippen molar-refractivity contribution in [2.45, 2.75) is 11.7 Å². The topological polar surface area (TPSA) is 96.0 Å². The first kappa shape index (κ1) is 16.4. The highest BCUT2D eigenvalue weighted by Gasteiger charge is 2.14. The van der Waals surface area contributed by atoms with Gasteiger partial charge in [0.1, 0.15) is 0 Å². The molecule has 0 atom stereocenters. The van der Waals surface area contributed by atoms with Gasteiger partial charge in [0, 0.05) is 16.7 Å². The molecule has 0 unspecified atom stereocenters. The van der Waals surface area contributed by atoms with E-state index >= 15 is 0 Å². The predicted molar refractivity (Wildman–Crippen MR) is 90.6 cm³/mol. The molecule has 0 aliphatic heterocycles. The average molecular weight is 363 g/mol. The number of rotatable bonds is 8. The van der Waals surface area contributed by atoms with Gasteiger partial charge in [-0.2, -0.15) is 0 Å². The number of ether oxygens (including phenoxy) is 1. The third-order valence-electron chi connectivity index (χ3n) is 3.02. The van der Waals surface area contributed by atoms with Crippen LogP contribution in [0.5, 0.6) is 5.75 Å². The fourth-order valence-corrected chi connectivity index (χ4v) is 3.34. The number of aromatic nitrogens is 4. The van der Waals surface area contributed by atoms with Gasteiger partial charge >= 0.3 is 5.69 Å². The quantitative estimate of drug-likeness (QED) is 0.263. The molecule has 124 valence electrons. The molecule has 10 heteroatoms. The first-order valence-electron chi connectivity index (χ1n) is 7.01. The van der Waals surface area contributed by atoms with Gasteiger partial charge in [0.15, 0.2) is 5.75 Å². The van der Waals surface area contributed by atoms with E-state index in [0.717, 1.165) is 0 Å². The Morgan fingerprint density at radius 3 is 2.96 bits per heavy atom. The smallest absolute Gasteiger partial charge is 0.310 e. The van der Waals surface area contributed by atoms with E-state index in [-0.39, 0.29) is 11.4 Å². The number of nitrogens with zero attached hydrogens (tertiary/aromatic N) is 5. The van der Waals surface area contributed by atoms with Crippen LogP contribution in [0.1, 0.15) is 4.88 Å². The number of thioether (sulfide) groups is 1. The Morgan fingerprint density at radius 2 is 2.17 bits per heavy atom. The summed E-state index contributed by atoms with van der Waals surface area (Å²) in [6.07, 6.45) is 0. The Hall–Kier alpha value is -2.46. The molecule has 0 radical (unpaired) electrons. The molecule has 3 rings (SSSR count). The summed E-state index contributed by atoms with van der Waals surface area (Å²) in [5.74, 6) is 0.845. The predicted octanol–water partition coefficient (Wildman–Crippen LogP) is 2.86. The van der Waals surface area contributed by atoms with Crippen LogP contribution in [-0.4, -0.2) is 37.5 Å². The number of para-hydroxylation sites is 2. The Morgan fingerprint density at radius 1 is 1.29 bits per heavy atom. The molecule has 0 aliphatic carbocycles. The minimum Gasteiger partial charge on any atom is -0.486 e. The molecule has 1 aromatic carbocycles. The first-order valence-corrected chi connectivity index (χ1v) is 8.88. The molecule has 0 saturated heterocycles. The van der Waals surface area contributed by atoms with Gasteiger partial charge in [-0.15, -0.1) is 16.4 Å². The number of nitro groups is 1. The Bertz CT molecular complexity index is 806. The maximum Gasteiger partial charge on any atom is 0.310 e. The van der Waals surface area contributed by atoms with E-state index in [1.807, 2.05) is 17.5 Å². The van der Waals surface area contributed by atoms with Crippen molar-refractivity contribution < 1.29 is 9.66 Å². The first-order chi connectivity index (χ1) is 11.7. The zero-order chi connectivity index (χ0) is 16.8. The molecule has 0 aliphatic rings. The standard InChI is InChI=1S/C14H13N5O3S2/c20-19(21)12-5-1-2-6-13(12)22-7-9-24-14-15-16-17-18(14)10-11-4-3-8-23-11/h1-6,8H,7,9-10H2. The van der Waals surface area contributed by atoms with Gasteiger partial charge in [0.2, 0.25) is 5.16 Å². The molecule has 3 aromatic rings. The summed E-state index contributed by atoms with van der Waals surface area (Å²) in [6, 6.07) is 10.3. The third kappa shape index (κ3) is 4.09. The van der Waals surface area contributed by atoms with Crippen molar-refractivity contribution >= 4 is 28.8 Å². The highest BCUT2D eigenvalue weighted by Crippen LogP contribution is 2.26. The fourth-order valence-electron chi connectivity index (χ4n) is 1.96. The lowest BCUT2D eigenvalue weighted by molar-refractivity contribution is -0.385. The lowest BCUT2D eigenvalue weighted by atomic mass is 10.3. The van der Waals surface area contributed by atoms with Gasteiger partial charge < -0.3 is 4.74 Å². The van der Waals surface area contributed by atoms with E-state index in [0.29, 0.717) is 24.1 Å². The van der Waals surface area contributed by atoms with Crippen LogP contribution in [0.2, 0.25) is 0 Å². The Labute approximate surface area is 145 Å². The van der Waals surface area contributed by atoms with Crippen LogP contribution in [0.3, 0.4) is 0 Å². The molecule has 0 fully saturated rings. The van der Waals surface area contributed by atoms with E-state index in [1.54, 1.807) is 34.2 Å². The van der Waals surface area contributed by atoms with Crippen molar-refractivity contribution in [2.75, 3.05) is 12.4 Å². The molecule has 0 N–H and O–H groups in total. The number of tetrazole rings is 1. The van der Waals surface area contributed by atoms with Crippen LogP contribution < -0.4 is 4.74 Å². The minimum absolute atomic E-state index is 0.0370. The van der Waals surface area contributed by atoms with Crippen molar-refractivity contribution in [1.82, 2.24) is 20.2 Å². The summed E-state index contributed by atoms with van der Waals surface area (Å²) in [5, 5.41) is 25.3. The number of nitro benzene ring substituents is 1. The molecule has 0 bridgehead atoms. The van der Waals surface area contributed by atoms with Crippen LogP contribution in [0, 0.1) is 10.1 Å². The second kappa shape index (κ2) is 7.88. The molecular formula is C14H13N5O3S2. The van der Waals surface area contributed by atoms with Gasteiger partial charge in [-0.05, 0) is 27.9 Å². The molecule has 2 heterocycles. The highest BCUT2D eigenvalue weighted by molar-refractivity contribution is 7.99. The maximum absolute atomic E-state index is 10.9. The van der Waals surface area contributed by atoms with E-state index in [4.69, 9.17) is 4.74 Å². The Kier molecular flexibility index (Phi) is 5.39. The number of benzene rings is 1. The molecule has 0 amide bonds. The number of hydrogen-bond donors (Lipinski definition) is 0. The number of thiophene rings is 1. The third-order valence-corrected chi connectivity index (χ3v) is 4.80. The van der Waals surface area contributed by atoms with E-state index in [1.165, 1.54) is 22.7 Å². The average Bonchev–Trinajstić information content (AvgIpc) is 3.24. The van der Waals surface area contributed by atoms with Crippen molar-refractivity contribution in [3.05, 3.63) is 56.8 Å². The summed E-state index contributed by atoms with van der Waals surface area (Å²) in [4.78, 5) is 11.6. The SMILES string of the molecule is O=[N+]([O-])c1ccccc1OCCSc1nnnn1Cc1cccs1. The molecule has 24 heavy (non-hydrogen) atoms. The summed E-state index contributed by atoms with van der Waals surface area (Å²) >= 11 is 3.09. The molecule has 0 saturated carbocycles. The number of hydrogen-bond acceptors (Lipinski definition) is 8. The summed E-state index contributed by atoms with van der Waals surface area (Å²) in [5.41, 5.74) is -0.0370. The molecule has 8 nitrogen and oxygen atoms in total. The van der Waals surface area contributed by atoms with E-state index < -0.39 is 4.92 Å². The van der Waals surface area contributed by atoms with Gasteiger partial charge in [0.05, 0.1) is 18.1 Å². The van der Waals surface area contributed by atoms with Crippen LogP contribution in [-0.2, 0) is 6.54 Å². The molecule has 0 spiro atoms. The zero-order valence-electron chi connectivity index (χ0n) is 12.4. The monoisotopic (exact) mass is 363 g/mol. The molecular weight excluding hydrogens is 350 g/mol. The van der Waals surface area contributed by atoms with E-state index in [9.17, 15) is 10.1 Å². The van der Waals surface area contributed by atoms with Crippen LogP contribution in [0.25, 0.3) is 0 Å². The van der Waals surface area contributed by atoms with E-state index in [2.05, 4.69) is 15.5 Å². The molecule has 2 aromatic heterocycles. The van der Waals surface area contributed by atoms with Crippen molar-refractivity contribution in [1.29, 1.82) is 0 Å². The fraction of sp³-hybridized carbons (Fsp3) is 0.214. The second-order valence-electron chi connectivity index (χ2n) is 4.62. The summed E-state index contributed by atoms with van der Waals surface area (Å²) < 4.78 is 7.23. The largest absolute Gasteiger partial charge is 0.486 e. The van der Waals surface area contributed by atoms with Crippen molar-refractivity contribution in [2.24, 2.45) is 0 Å². The van der Waals surface area contributed by atoms with Gasteiger partial charge in [0.25, 0.3) is 0 Å². The van der Waals surface area contributed by atoms with Crippen molar-refractivity contribution in [3.63, 3.8) is 0 Å². The second-order valence-corrected chi connectivity index (χ2v) is 6.71. The van der Waals surface area contributed by atoms with Crippen LogP contribution in [0.15, 0.2) is 46.9 Å². The maximum atomic E-state index is 10.9. The zero-order valence-corrected chi connectivity index (χ0v) is 14.1. The van der Waals surface area contributed by atoms with Crippen molar-refractivity contribution in [3.8, 4) is 5.75 Å². The lowest BCUT2D eigenvalue weighted by Crippen LogP contribution is -2.06. The Balaban J connectivity index is 1.53. The highest BCUT2D eigenvalue weighted by atomic mass is 32.2. The van der Waals surface area contributed by atoms with Gasteiger partial charge in [-0.25, -0.2) is 4.68 Å². The lowest BCUT2D eigenvalue weighted by Gasteiger charge is -2.06. The summed E-state index contributed by atoms with van der Waals surface area (Å²) in [7, 11) is 0. The minimum atomic E-state index is -0.454. The van der Waals surface area contributed by atoms with Gasteiger partial charge in [-0.3, -0.25) is 10.1 Å².